The van der Waals surface area contributed by atoms with Crippen LogP contribution in [-0.2, 0) is 4.79 Å². The van der Waals surface area contributed by atoms with E-state index in [2.05, 4.69) is 13.8 Å². The van der Waals surface area contributed by atoms with E-state index in [0.717, 1.165) is 36.1 Å². The van der Waals surface area contributed by atoms with E-state index in [0.29, 0.717) is 11.5 Å². The molecule has 0 unspecified atom stereocenters. The number of rotatable bonds is 2. The molecule has 1 fully saturated rings. The molecular formula is C17H21NO2S. The van der Waals surface area contributed by atoms with E-state index < -0.39 is 0 Å². The summed E-state index contributed by atoms with van der Waals surface area (Å²) >= 11 is 1.25. The van der Waals surface area contributed by atoms with Gasteiger partial charge in [0.2, 0.25) is 5.12 Å². The second-order valence-corrected chi connectivity index (χ2v) is 7.29. The standard InChI is InChI=1S/C17H21NO2S/c1-11(2)13-8-5-9-14-16(13)21-15(19)10-18(17(14)20)12-6-3-4-7-12/h5,8-9,11-12H,3-4,6-7,10H2,1-2H3. The largest absolute Gasteiger partial charge is 0.327 e. The lowest BCUT2D eigenvalue weighted by molar-refractivity contribution is -0.111. The molecule has 112 valence electrons. The smallest absolute Gasteiger partial charge is 0.255 e. The van der Waals surface area contributed by atoms with Crippen molar-refractivity contribution < 1.29 is 9.59 Å². The summed E-state index contributed by atoms with van der Waals surface area (Å²) in [5, 5.41) is 0.0853. The van der Waals surface area contributed by atoms with Crippen LogP contribution in [0.1, 0.15) is 61.4 Å². The van der Waals surface area contributed by atoms with Gasteiger partial charge < -0.3 is 4.90 Å². The lowest BCUT2D eigenvalue weighted by Crippen LogP contribution is -2.40. The summed E-state index contributed by atoms with van der Waals surface area (Å²) in [4.78, 5) is 27.9. The van der Waals surface area contributed by atoms with Gasteiger partial charge in [-0.05, 0) is 42.2 Å². The second kappa shape index (κ2) is 5.84. The number of thioether (sulfide) groups is 1. The van der Waals surface area contributed by atoms with E-state index in [-0.39, 0.29) is 23.6 Å². The first-order chi connectivity index (χ1) is 10.1. The van der Waals surface area contributed by atoms with Crippen LogP contribution in [0.15, 0.2) is 23.1 Å². The van der Waals surface area contributed by atoms with Gasteiger partial charge in [0, 0.05) is 10.9 Å². The molecule has 1 heterocycles. The van der Waals surface area contributed by atoms with E-state index in [1.54, 1.807) is 0 Å². The van der Waals surface area contributed by atoms with Crippen LogP contribution in [0.2, 0.25) is 0 Å². The molecule has 0 atom stereocenters. The third-order valence-corrected chi connectivity index (χ3v) is 5.46. The summed E-state index contributed by atoms with van der Waals surface area (Å²) in [7, 11) is 0. The van der Waals surface area contributed by atoms with Crippen LogP contribution in [0.25, 0.3) is 0 Å². The summed E-state index contributed by atoms with van der Waals surface area (Å²) < 4.78 is 0. The molecule has 3 rings (SSSR count). The SMILES string of the molecule is CC(C)c1cccc2c1SC(=O)CN(C1CCCC1)C2=O. The number of carbonyl (C=O) groups is 2. The molecule has 21 heavy (non-hydrogen) atoms. The normalized spacial score (nSPS) is 20.0. The van der Waals surface area contributed by atoms with Crippen LogP contribution < -0.4 is 0 Å². The van der Waals surface area contributed by atoms with Crippen molar-refractivity contribution in [1.29, 1.82) is 0 Å². The lowest BCUT2D eigenvalue weighted by Gasteiger charge is -2.26. The van der Waals surface area contributed by atoms with Crippen LogP contribution in [0.4, 0.5) is 0 Å². The van der Waals surface area contributed by atoms with Crippen molar-refractivity contribution in [1.82, 2.24) is 4.90 Å². The fourth-order valence-electron chi connectivity index (χ4n) is 3.31. The van der Waals surface area contributed by atoms with Crippen molar-refractivity contribution in [2.24, 2.45) is 0 Å². The fourth-order valence-corrected chi connectivity index (χ4v) is 4.43. The average molecular weight is 303 g/mol. The van der Waals surface area contributed by atoms with Gasteiger partial charge in [0.15, 0.2) is 0 Å². The summed E-state index contributed by atoms with van der Waals surface area (Å²) in [5.41, 5.74) is 1.82. The van der Waals surface area contributed by atoms with Gasteiger partial charge in [-0.2, -0.15) is 0 Å². The third kappa shape index (κ3) is 2.73. The molecule has 2 aliphatic rings. The Labute approximate surface area is 130 Å². The molecule has 1 aliphatic carbocycles. The van der Waals surface area contributed by atoms with E-state index in [1.165, 1.54) is 11.8 Å². The van der Waals surface area contributed by atoms with Crippen molar-refractivity contribution in [3.05, 3.63) is 29.3 Å². The summed E-state index contributed by atoms with van der Waals surface area (Å²) in [6.45, 7) is 4.45. The van der Waals surface area contributed by atoms with Crippen LogP contribution in [-0.4, -0.2) is 28.5 Å². The molecule has 0 aromatic heterocycles. The summed E-state index contributed by atoms with van der Waals surface area (Å²) in [6, 6.07) is 6.09. The molecule has 1 saturated carbocycles. The maximum Gasteiger partial charge on any atom is 0.255 e. The van der Waals surface area contributed by atoms with Gasteiger partial charge in [0.05, 0.1) is 12.1 Å². The Hall–Kier alpha value is -1.29. The first-order valence-corrected chi connectivity index (χ1v) is 8.54. The number of hydrogen-bond acceptors (Lipinski definition) is 3. The lowest BCUT2D eigenvalue weighted by atomic mass is 9.99. The maximum atomic E-state index is 12.9. The van der Waals surface area contributed by atoms with Crippen LogP contribution >= 0.6 is 11.8 Å². The highest BCUT2D eigenvalue weighted by molar-refractivity contribution is 8.13. The first-order valence-electron chi connectivity index (χ1n) is 7.72. The molecule has 1 amide bonds. The zero-order chi connectivity index (χ0) is 15.0. The van der Waals surface area contributed by atoms with Crippen molar-refractivity contribution in [2.45, 2.75) is 56.4 Å². The third-order valence-electron chi connectivity index (χ3n) is 4.44. The zero-order valence-electron chi connectivity index (χ0n) is 12.6. The molecule has 0 N–H and O–H groups in total. The van der Waals surface area contributed by atoms with Crippen molar-refractivity contribution >= 4 is 22.8 Å². The Bertz CT molecular complexity index is 576. The minimum absolute atomic E-state index is 0.0396. The topological polar surface area (TPSA) is 37.4 Å². The molecule has 1 aromatic rings. The summed E-state index contributed by atoms with van der Waals surface area (Å²) in [6.07, 6.45) is 4.38. The first kappa shape index (κ1) is 14.6. The molecule has 0 radical (unpaired) electrons. The summed E-state index contributed by atoms with van der Waals surface area (Å²) in [5.74, 6) is 0.351. The van der Waals surface area contributed by atoms with E-state index in [9.17, 15) is 9.59 Å². The van der Waals surface area contributed by atoms with Gasteiger partial charge in [0.1, 0.15) is 0 Å². The van der Waals surface area contributed by atoms with Gasteiger partial charge in [0.25, 0.3) is 5.91 Å². The number of nitrogens with zero attached hydrogens (tertiary/aromatic N) is 1. The molecule has 4 heteroatoms. The van der Waals surface area contributed by atoms with Crippen LogP contribution in [0.5, 0.6) is 0 Å². The minimum Gasteiger partial charge on any atom is -0.327 e. The van der Waals surface area contributed by atoms with Crippen molar-refractivity contribution in [3.8, 4) is 0 Å². The Morgan fingerprint density at radius 1 is 1.19 bits per heavy atom. The highest BCUT2D eigenvalue weighted by Gasteiger charge is 2.34. The predicted octanol–water partition coefficient (Wildman–Crippen LogP) is 3.83. The van der Waals surface area contributed by atoms with Gasteiger partial charge in [-0.1, -0.05) is 38.8 Å². The molecule has 1 aliphatic heterocycles. The van der Waals surface area contributed by atoms with Crippen molar-refractivity contribution in [3.63, 3.8) is 0 Å². The quantitative estimate of drug-likeness (QED) is 0.833. The molecule has 0 saturated heterocycles. The molecular weight excluding hydrogens is 282 g/mol. The van der Waals surface area contributed by atoms with Crippen molar-refractivity contribution in [2.75, 3.05) is 6.54 Å². The minimum atomic E-state index is 0.0396. The zero-order valence-corrected chi connectivity index (χ0v) is 13.4. The molecule has 3 nitrogen and oxygen atoms in total. The molecule has 1 aromatic carbocycles. The second-order valence-electron chi connectivity index (χ2n) is 6.22. The Balaban J connectivity index is 2.04. The highest BCUT2D eigenvalue weighted by Crippen LogP contribution is 2.37. The van der Waals surface area contributed by atoms with E-state index in [1.807, 2.05) is 23.1 Å². The van der Waals surface area contributed by atoms with Gasteiger partial charge in [-0.15, -0.1) is 0 Å². The fraction of sp³-hybridized carbons (Fsp3) is 0.529. The van der Waals surface area contributed by atoms with E-state index >= 15 is 0 Å². The van der Waals surface area contributed by atoms with Gasteiger partial charge in [-0.3, -0.25) is 9.59 Å². The molecule has 0 bridgehead atoms. The number of hydrogen-bond donors (Lipinski definition) is 0. The monoisotopic (exact) mass is 303 g/mol. The average Bonchev–Trinajstić information content (AvgIpc) is 2.94. The predicted molar refractivity (Wildman–Crippen MR) is 84.7 cm³/mol. The van der Waals surface area contributed by atoms with E-state index in [4.69, 9.17) is 0 Å². The molecule has 0 spiro atoms. The van der Waals surface area contributed by atoms with Gasteiger partial charge >= 0.3 is 0 Å². The Morgan fingerprint density at radius 3 is 2.57 bits per heavy atom. The highest BCUT2D eigenvalue weighted by atomic mass is 32.2. The number of carbonyl (C=O) groups excluding carboxylic acids is 2. The Morgan fingerprint density at radius 2 is 1.90 bits per heavy atom. The van der Waals surface area contributed by atoms with Gasteiger partial charge in [-0.25, -0.2) is 0 Å². The number of amides is 1. The van der Waals surface area contributed by atoms with Crippen LogP contribution in [0.3, 0.4) is 0 Å². The number of fused-ring (bicyclic) bond motifs is 1. The maximum absolute atomic E-state index is 12.9. The Kier molecular flexibility index (Phi) is 4.07. The van der Waals surface area contributed by atoms with Crippen LogP contribution in [0, 0.1) is 0 Å². The number of benzene rings is 1.